The van der Waals surface area contributed by atoms with Crippen LogP contribution in [0.2, 0.25) is 0 Å². The van der Waals surface area contributed by atoms with Crippen molar-refractivity contribution in [2.45, 2.75) is 26.9 Å². The summed E-state index contributed by atoms with van der Waals surface area (Å²) in [6.07, 6.45) is 9.28. The molecule has 0 radical (unpaired) electrons. The molecule has 0 amide bonds. The molecule has 0 N–H and O–H groups in total. The van der Waals surface area contributed by atoms with Crippen LogP contribution in [0.1, 0.15) is 20.8 Å². The molecule has 1 fully saturated rings. The lowest BCUT2D eigenvalue weighted by molar-refractivity contribution is -0.0753. The number of fused-ring (bicyclic) bond motifs is 2. The summed E-state index contributed by atoms with van der Waals surface area (Å²) >= 11 is 0. The quantitative estimate of drug-likeness (QED) is 0.670. The number of likely N-dealkylation sites (N-methyl/N-ethyl adjacent to an activating group) is 1. The summed E-state index contributed by atoms with van der Waals surface area (Å²) in [7, 11) is 2.13. The van der Waals surface area contributed by atoms with Crippen LogP contribution in [-0.2, 0) is 4.74 Å². The van der Waals surface area contributed by atoms with Gasteiger partial charge < -0.3 is 9.64 Å². The third-order valence-electron chi connectivity index (χ3n) is 5.21. The van der Waals surface area contributed by atoms with E-state index in [4.69, 9.17) is 4.74 Å². The first-order valence-corrected chi connectivity index (χ1v) is 7.45. The van der Waals surface area contributed by atoms with Gasteiger partial charge in [0.1, 0.15) is 0 Å². The van der Waals surface area contributed by atoms with Crippen molar-refractivity contribution in [3.8, 4) is 0 Å². The molecular weight excluding hydrogens is 234 g/mol. The van der Waals surface area contributed by atoms with E-state index in [2.05, 4.69) is 57.1 Å². The van der Waals surface area contributed by atoms with E-state index < -0.39 is 0 Å². The third-order valence-corrected chi connectivity index (χ3v) is 5.21. The summed E-state index contributed by atoms with van der Waals surface area (Å²) in [5, 5.41) is 0. The second-order valence-electron chi connectivity index (χ2n) is 6.57. The Morgan fingerprint density at radius 1 is 1.32 bits per heavy atom. The van der Waals surface area contributed by atoms with Gasteiger partial charge >= 0.3 is 0 Å². The van der Waals surface area contributed by atoms with Crippen molar-refractivity contribution in [3.63, 3.8) is 0 Å². The van der Waals surface area contributed by atoms with Gasteiger partial charge in [-0.2, -0.15) is 0 Å². The highest BCUT2D eigenvalue weighted by atomic mass is 16.5. The minimum atomic E-state index is 0.280. The number of ether oxygens (including phenoxy) is 1. The molecule has 0 saturated carbocycles. The van der Waals surface area contributed by atoms with Crippen molar-refractivity contribution in [1.82, 2.24) is 4.90 Å². The molecule has 0 aromatic rings. The highest BCUT2D eigenvalue weighted by Gasteiger charge is 2.44. The van der Waals surface area contributed by atoms with Crippen LogP contribution in [0.25, 0.3) is 0 Å². The monoisotopic (exact) mass is 259 g/mol. The zero-order chi connectivity index (χ0) is 13.6. The van der Waals surface area contributed by atoms with E-state index in [0.29, 0.717) is 17.8 Å². The highest BCUT2D eigenvalue weighted by molar-refractivity contribution is 5.29. The molecule has 1 saturated heterocycles. The van der Waals surface area contributed by atoms with Gasteiger partial charge in [0.15, 0.2) is 0 Å². The minimum Gasteiger partial charge on any atom is -0.376 e. The van der Waals surface area contributed by atoms with Crippen molar-refractivity contribution in [2.24, 2.45) is 23.7 Å². The number of hydrogen-bond donors (Lipinski definition) is 0. The predicted octanol–water partition coefficient (Wildman–Crippen LogP) is 3.24. The molecule has 19 heavy (non-hydrogen) atoms. The first kappa shape index (κ1) is 13.0. The lowest BCUT2D eigenvalue weighted by atomic mass is 9.64. The molecule has 2 heteroatoms. The van der Waals surface area contributed by atoms with Gasteiger partial charge in [-0.25, -0.2) is 0 Å². The van der Waals surface area contributed by atoms with Crippen molar-refractivity contribution in [2.75, 3.05) is 20.2 Å². The molecule has 5 unspecified atom stereocenters. The van der Waals surface area contributed by atoms with Crippen LogP contribution in [0.15, 0.2) is 35.6 Å². The minimum absolute atomic E-state index is 0.280. The maximum Gasteiger partial charge on any atom is 0.0873 e. The highest BCUT2D eigenvalue weighted by Crippen LogP contribution is 2.46. The fraction of sp³-hybridized carbons (Fsp3) is 0.647. The second kappa shape index (κ2) is 4.82. The largest absolute Gasteiger partial charge is 0.376 e. The number of nitrogens with zero attached hydrogens (tertiary/aromatic N) is 1. The van der Waals surface area contributed by atoms with Gasteiger partial charge in [0.05, 0.1) is 12.7 Å². The zero-order valence-corrected chi connectivity index (χ0v) is 12.5. The summed E-state index contributed by atoms with van der Waals surface area (Å²) in [6.45, 7) is 8.95. The SMILES string of the molecule is CC1=CC(C)C2COC(C3=CC=CN(C)C3)C1C2C. The molecular formula is C17H25NO. The first-order chi connectivity index (χ1) is 9.08. The second-order valence-corrected chi connectivity index (χ2v) is 6.57. The Labute approximate surface area is 116 Å². The van der Waals surface area contributed by atoms with Gasteiger partial charge in [-0.3, -0.25) is 0 Å². The standard InChI is InChI=1S/C17H25NO/c1-11-8-12(2)16-13(3)15(11)10-19-17(16)14-6-5-7-18(4)9-14/h5-8,11,13,15-17H,9-10H2,1-4H3. The summed E-state index contributed by atoms with van der Waals surface area (Å²) < 4.78 is 6.27. The van der Waals surface area contributed by atoms with Crippen molar-refractivity contribution >= 4 is 0 Å². The number of allylic oxidation sites excluding steroid dienone is 3. The molecule has 0 spiro atoms. The van der Waals surface area contributed by atoms with E-state index >= 15 is 0 Å². The van der Waals surface area contributed by atoms with E-state index in [-0.39, 0.29) is 6.10 Å². The van der Waals surface area contributed by atoms with Crippen molar-refractivity contribution < 1.29 is 4.74 Å². The van der Waals surface area contributed by atoms with E-state index in [0.717, 1.165) is 19.1 Å². The molecule has 3 rings (SSSR count). The topological polar surface area (TPSA) is 12.5 Å². The summed E-state index contributed by atoms with van der Waals surface area (Å²) in [6, 6.07) is 0. The lowest BCUT2D eigenvalue weighted by Crippen LogP contribution is -2.48. The van der Waals surface area contributed by atoms with Gasteiger partial charge in [-0.15, -0.1) is 0 Å². The van der Waals surface area contributed by atoms with Crippen molar-refractivity contribution in [1.29, 1.82) is 0 Å². The molecule has 2 heterocycles. The fourth-order valence-electron chi connectivity index (χ4n) is 4.18. The van der Waals surface area contributed by atoms with Gasteiger partial charge in [-0.05, 0) is 42.5 Å². The van der Waals surface area contributed by atoms with Crippen LogP contribution in [-0.4, -0.2) is 31.2 Å². The van der Waals surface area contributed by atoms with E-state index in [1.165, 1.54) is 11.1 Å². The van der Waals surface area contributed by atoms with E-state index in [9.17, 15) is 0 Å². The van der Waals surface area contributed by atoms with Gasteiger partial charge in [0.25, 0.3) is 0 Å². The molecule has 1 aliphatic carbocycles. The first-order valence-electron chi connectivity index (χ1n) is 7.45. The van der Waals surface area contributed by atoms with Crippen LogP contribution in [0.3, 0.4) is 0 Å². The molecule has 2 aliphatic heterocycles. The van der Waals surface area contributed by atoms with Crippen LogP contribution < -0.4 is 0 Å². The molecule has 104 valence electrons. The average molecular weight is 259 g/mol. The Bertz CT molecular complexity index is 448. The van der Waals surface area contributed by atoms with Crippen LogP contribution >= 0.6 is 0 Å². The van der Waals surface area contributed by atoms with E-state index in [1.807, 2.05) is 0 Å². The number of hydrogen-bond acceptors (Lipinski definition) is 2. The van der Waals surface area contributed by atoms with Gasteiger partial charge in [0.2, 0.25) is 0 Å². The Hall–Kier alpha value is -1.02. The van der Waals surface area contributed by atoms with Crippen molar-refractivity contribution in [3.05, 3.63) is 35.6 Å². The lowest BCUT2D eigenvalue weighted by Gasteiger charge is -2.48. The summed E-state index contributed by atoms with van der Waals surface area (Å²) in [4.78, 5) is 2.24. The normalized spacial score (nSPS) is 41.9. The zero-order valence-electron chi connectivity index (χ0n) is 12.5. The van der Waals surface area contributed by atoms with E-state index in [1.54, 1.807) is 0 Å². The Morgan fingerprint density at radius 2 is 2.11 bits per heavy atom. The Morgan fingerprint density at radius 3 is 2.84 bits per heavy atom. The van der Waals surface area contributed by atoms with Crippen LogP contribution in [0, 0.1) is 23.7 Å². The maximum atomic E-state index is 6.27. The molecule has 2 bridgehead atoms. The smallest absolute Gasteiger partial charge is 0.0873 e. The Kier molecular flexibility index (Phi) is 3.30. The number of rotatable bonds is 1. The average Bonchev–Trinajstić information content (AvgIpc) is 2.35. The predicted molar refractivity (Wildman–Crippen MR) is 78.7 cm³/mol. The molecule has 2 nitrogen and oxygen atoms in total. The van der Waals surface area contributed by atoms with Crippen LogP contribution in [0.5, 0.6) is 0 Å². The summed E-state index contributed by atoms with van der Waals surface area (Å²) in [5.74, 6) is 2.66. The molecule has 5 atom stereocenters. The van der Waals surface area contributed by atoms with Gasteiger partial charge in [0, 0.05) is 19.5 Å². The van der Waals surface area contributed by atoms with Gasteiger partial charge in [-0.1, -0.05) is 31.6 Å². The third kappa shape index (κ3) is 2.16. The Balaban J connectivity index is 1.90. The summed E-state index contributed by atoms with van der Waals surface area (Å²) in [5.41, 5.74) is 2.96. The fourth-order valence-corrected chi connectivity index (χ4v) is 4.18. The molecule has 3 aliphatic rings. The van der Waals surface area contributed by atoms with Crippen LogP contribution in [0.4, 0.5) is 0 Å². The maximum absolute atomic E-state index is 6.27. The molecule has 0 aromatic carbocycles. The molecule has 0 aromatic heterocycles.